The van der Waals surface area contributed by atoms with Gasteiger partial charge in [-0.05, 0) is 26.7 Å². The molecule has 16 heavy (non-hydrogen) atoms. The molecule has 92 valence electrons. The van der Waals surface area contributed by atoms with Crippen molar-refractivity contribution in [2.45, 2.75) is 33.3 Å². The summed E-state index contributed by atoms with van der Waals surface area (Å²) < 4.78 is 10.7. The maximum absolute atomic E-state index is 11.9. The Morgan fingerprint density at radius 2 is 2.06 bits per heavy atom. The van der Waals surface area contributed by atoms with Gasteiger partial charge in [-0.3, -0.25) is 0 Å². The summed E-state index contributed by atoms with van der Waals surface area (Å²) in [7, 11) is 0. The van der Waals surface area contributed by atoms with Crippen LogP contribution in [0, 0.1) is 11.3 Å². The van der Waals surface area contributed by atoms with E-state index in [-0.39, 0.29) is 11.5 Å². The summed E-state index contributed by atoms with van der Waals surface area (Å²) in [5.41, 5.74) is -0.205. The van der Waals surface area contributed by atoms with E-state index in [9.17, 15) is 4.79 Å². The number of carbonyl (C=O) groups is 1. The van der Waals surface area contributed by atoms with Crippen molar-refractivity contribution in [3.63, 3.8) is 0 Å². The first kappa shape index (κ1) is 11.7. The molecule has 2 aliphatic rings. The van der Waals surface area contributed by atoms with Gasteiger partial charge in [-0.1, -0.05) is 6.92 Å². The number of carbonyl (C=O) groups excluding carboxylic acids is 1. The maximum Gasteiger partial charge on any atom is 0.410 e. The highest BCUT2D eigenvalue weighted by molar-refractivity contribution is 5.68. The summed E-state index contributed by atoms with van der Waals surface area (Å²) in [6.45, 7) is 11.0. The maximum atomic E-state index is 11.9. The molecular formula is C12H21NO3. The molecule has 1 amide bonds. The predicted molar refractivity (Wildman–Crippen MR) is 60.2 cm³/mol. The molecule has 0 N–H and O–H groups in total. The van der Waals surface area contributed by atoms with Gasteiger partial charge in [0.25, 0.3) is 0 Å². The molecule has 2 saturated heterocycles. The van der Waals surface area contributed by atoms with Crippen molar-refractivity contribution in [1.29, 1.82) is 0 Å². The van der Waals surface area contributed by atoms with Crippen molar-refractivity contribution in [1.82, 2.24) is 4.90 Å². The number of amides is 1. The zero-order chi connectivity index (χ0) is 12.0. The minimum atomic E-state index is -0.411. The SMILES string of the molecule is CC1CN(C(=O)OC(C)(C)C)CC12COC2. The van der Waals surface area contributed by atoms with Crippen LogP contribution in [0.5, 0.6) is 0 Å². The van der Waals surface area contributed by atoms with Crippen LogP contribution in [0.1, 0.15) is 27.7 Å². The molecule has 1 unspecified atom stereocenters. The highest BCUT2D eigenvalue weighted by Gasteiger charge is 2.51. The van der Waals surface area contributed by atoms with E-state index in [1.165, 1.54) is 0 Å². The summed E-state index contributed by atoms with van der Waals surface area (Å²) in [6, 6.07) is 0. The quantitative estimate of drug-likeness (QED) is 0.634. The number of likely N-dealkylation sites (tertiary alicyclic amines) is 1. The van der Waals surface area contributed by atoms with Gasteiger partial charge in [0.05, 0.1) is 13.2 Å². The van der Waals surface area contributed by atoms with E-state index in [2.05, 4.69) is 6.92 Å². The van der Waals surface area contributed by atoms with Crippen molar-refractivity contribution in [3.8, 4) is 0 Å². The second-order valence-electron chi connectivity index (χ2n) is 6.12. The Balaban J connectivity index is 1.95. The average Bonchev–Trinajstić information content (AvgIpc) is 2.39. The zero-order valence-corrected chi connectivity index (χ0v) is 10.6. The minimum absolute atomic E-state index is 0.192. The standard InChI is InChI=1S/C12H21NO3/c1-9-5-13(6-12(9)7-15-8-12)10(14)16-11(2,3)4/h9H,5-8H2,1-4H3. The third kappa shape index (κ3) is 2.03. The lowest BCUT2D eigenvalue weighted by molar-refractivity contribution is -0.124. The average molecular weight is 227 g/mol. The molecule has 0 aromatic carbocycles. The van der Waals surface area contributed by atoms with E-state index >= 15 is 0 Å². The van der Waals surface area contributed by atoms with Gasteiger partial charge in [0.2, 0.25) is 0 Å². The van der Waals surface area contributed by atoms with Crippen molar-refractivity contribution in [2.75, 3.05) is 26.3 Å². The fraction of sp³-hybridized carbons (Fsp3) is 0.917. The number of rotatable bonds is 0. The number of hydrogen-bond donors (Lipinski definition) is 0. The Morgan fingerprint density at radius 3 is 2.44 bits per heavy atom. The highest BCUT2D eigenvalue weighted by atomic mass is 16.6. The lowest BCUT2D eigenvalue weighted by Crippen LogP contribution is -2.48. The Morgan fingerprint density at radius 1 is 1.44 bits per heavy atom. The van der Waals surface area contributed by atoms with Crippen LogP contribution in [0.2, 0.25) is 0 Å². The summed E-state index contributed by atoms with van der Waals surface area (Å²) in [4.78, 5) is 13.7. The molecule has 0 saturated carbocycles. The number of ether oxygens (including phenoxy) is 2. The molecule has 4 heteroatoms. The first-order valence-electron chi connectivity index (χ1n) is 5.88. The zero-order valence-electron chi connectivity index (χ0n) is 10.6. The van der Waals surface area contributed by atoms with Gasteiger partial charge in [0.1, 0.15) is 5.60 Å². The van der Waals surface area contributed by atoms with Crippen LogP contribution < -0.4 is 0 Å². The van der Waals surface area contributed by atoms with E-state index in [0.717, 1.165) is 26.3 Å². The van der Waals surface area contributed by atoms with Gasteiger partial charge in [0, 0.05) is 18.5 Å². The fourth-order valence-corrected chi connectivity index (χ4v) is 2.33. The summed E-state index contributed by atoms with van der Waals surface area (Å²) >= 11 is 0. The summed E-state index contributed by atoms with van der Waals surface area (Å²) in [6.07, 6.45) is -0.192. The Hall–Kier alpha value is -0.770. The second kappa shape index (κ2) is 3.62. The van der Waals surface area contributed by atoms with Gasteiger partial charge in [-0.15, -0.1) is 0 Å². The molecule has 4 nitrogen and oxygen atoms in total. The molecule has 2 rings (SSSR count). The first-order valence-corrected chi connectivity index (χ1v) is 5.88. The molecule has 1 spiro atoms. The van der Waals surface area contributed by atoms with Crippen LogP contribution >= 0.6 is 0 Å². The molecule has 2 fully saturated rings. The third-order valence-electron chi connectivity index (χ3n) is 3.48. The number of hydrogen-bond acceptors (Lipinski definition) is 3. The van der Waals surface area contributed by atoms with Gasteiger partial charge in [-0.25, -0.2) is 4.79 Å². The lowest BCUT2D eigenvalue weighted by Gasteiger charge is -2.40. The van der Waals surface area contributed by atoms with Gasteiger partial charge < -0.3 is 14.4 Å². The minimum Gasteiger partial charge on any atom is -0.444 e. The Labute approximate surface area is 96.9 Å². The topological polar surface area (TPSA) is 38.8 Å². The van der Waals surface area contributed by atoms with Crippen molar-refractivity contribution < 1.29 is 14.3 Å². The van der Waals surface area contributed by atoms with Crippen LogP contribution in [0.4, 0.5) is 4.79 Å². The Bertz CT molecular complexity index is 291. The van der Waals surface area contributed by atoms with Crippen LogP contribution in [0.25, 0.3) is 0 Å². The molecule has 0 bridgehead atoms. The molecule has 0 aromatic heterocycles. The Kier molecular flexibility index (Phi) is 2.65. The van der Waals surface area contributed by atoms with E-state index in [1.54, 1.807) is 0 Å². The van der Waals surface area contributed by atoms with Crippen molar-refractivity contribution >= 4 is 6.09 Å². The normalized spacial score (nSPS) is 28.0. The molecule has 0 aliphatic carbocycles. The van der Waals surface area contributed by atoms with E-state index < -0.39 is 5.60 Å². The molecule has 2 heterocycles. The van der Waals surface area contributed by atoms with Crippen LogP contribution in [-0.2, 0) is 9.47 Å². The van der Waals surface area contributed by atoms with Crippen LogP contribution in [-0.4, -0.2) is 42.9 Å². The summed E-state index contributed by atoms with van der Waals surface area (Å²) in [5.74, 6) is 0.508. The molecule has 2 aliphatic heterocycles. The molecule has 0 aromatic rings. The number of nitrogens with zero attached hydrogens (tertiary/aromatic N) is 1. The summed E-state index contributed by atoms with van der Waals surface area (Å²) in [5, 5.41) is 0. The highest BCUT2D eigenvalue weighted by Crippen LogP contribution is 2.42. The largest absolute Gasteiger partial charge is 0.444 e. The molecule has 0 radical (unpaired) electrons. The third-order valence-corrected chi connectivity index (χ3v) is 3.48. The van der Waals surface area contributed by atoms with Gasteiger partial charge >= 0.3 is 6.09 Å². The molecule has 1 atom stereocenters. The predicted octanol–water partition coefficient (Wildman–Crippen LogP) is 1.89. The first-order chi connectivity index (χ1) is 7.32. The van der Waals surface area contributed by atoms with Gasteiger partial charge in [0.15, 0.2) is 0 Å². The van der Waals surface area contributed by atoms with Crippen molar-refractivity contribution in [2.24, 2.45) is 11.3 Å². The molecular weight excluding hydrogens is 206 g/mol. The smallest absolute Gasteiger partial charge is 0.410 e. The van der Waals surface area contributed by atoms with Gasteiger partial charge in [-0.2, -0.15) is 0 Å². The van der Waals surface area contributed by atoms with E-state index in [4.69, 9.17) is 9.47 Å². The van der Waals surface area contributed by atoms with E-state index in [0.29, 0.717) is 5.92 Å². The van der Waals surface area contributed by atoms with Crippen LogP contribution in [0.15, 0.2) is 0 Å². The van der Waals surface area contributed by atoms with E-state index in [1.807, 2.05) is 25.7 Å². The van der Waals surface area contributed by atoms with Crippen LogP contribution in [0.3, 0.4) is 0 Å². The monoisotopic (exact) mass is 227 g/mol. The lowest BCUT2D eigenvalue weighted by atomic mass is 9.77. The van der Waals surface area contributed by atoms with Crippen molar-refractivity contribution in [3.05, 3.63) is 0 Å². The second-order valence-corrected chi connectivity index (χ2v) is 6.12. The fourth-order valence-electron chi connectivity index (χ4n) is 2.33.